The van der Waals surface area contributed by atoms with Gasteiger partial charge in [-0.3, -0.25) is 0 Å². The van der Waals surface area contributed by atoms with E-state index in [2.05, 4.69) is 19.2 Å². The number of nitrogens with one attached hydrogen (secondary N) is 1. The number of anilines is 2. The molecule has 5 heteroatoms. The maximum atomic E-state index is 11.4. The van der Waals surface area contributed by atoms with Gasteiger partial charge in [0.15, 0.2) is 9.84 Å². The zero-order chi connectivity index (χ0) is 13.6. The average Bonchev–Trinajstić information content (AvgIpc) is 3.02. The number of benzene rings is 1. The Morgan fingerprint density at radius 3 is 2.39 bits per heavy atom. The van der Waals surface area contributed by atoms with Crippen LogP contribution < -0.4 is 11.1 Å². The molecule has 0 saturated heterocycles. The minimum atomic E-state index is -3.20. The lowest BCUT2D eigenvalue weighted by Gasteiger charge is -2.28. The summed E-state index contributed by atoms with van der Waals surface area (Å²) in [6.07, 6.45) is 3.66. The molecule has 0 heterocycles. The molecule has 0 spiro atoms. The first-order valence-electron chi connectivity index (χ1n) is 6.08. The van der Waals surface area contributed by atoms with Gasteiger partial charge < -0.3 is 11.1 Å². The molecule has 0 radical (unpaired) electrons. The van der Waals surface area contributed by atoms with Crippen LogP contribution in [-0.2, 0) is 9.84 Å². The van der Waals surface area contributed by atoms with Crippen molar-refractivity contribution in [2.75, 3.05) is 17.3 Å². The standard InChI is InChI=1S/C13H20N2O2S/c1-13(2,9-4-5-9)15-12-7-6-10(8-11(12)14)18(3,16)17/h6-9,15H,4-5,14H2,1-3H3. The smallest absolute Gasteiger partial charge is 0.175 e. The fourth-order valence-corrected chi connectivity index (χ4v) is 2.80. The lowest BCUT2D eigenvalue weighted by Crippen LogP contribution is -2.33. The predicted molar refractivity (Wildman–Crippen MR) is 74.4 cm³/mol. The zero-order valence-electron chi connectivity index (χ0n) is 11.0. The third kappa shape index (κ3) is 2.77. The topological polar surface area (TPSA) is 72.2 Å². The Morgan fingerprint density at radius 1 is 1.33 bits per heavy atom. The molecule has 0 aromatic heterocycles. The van der Waals surface area contributed by atoms with Gasteiger partial charge in [0.1, 0.15) is 0 Å². The molecule has 3 N–H and O–H groups in total. The number of rotatable bonds is 4. The van der Waals surface area contributed by atoms with Crippen LogP contribution in [0.15, 0.2) is 23.1 Å². The van der Waals surface area contributed by atoms with Crippen LogP contribution in [0, 0.1) is 5.92 Å². The monoisotopic (exact) mass is 268 g/mol. The van der Waals surface area contributed by atoms with Crippen molar-refractivity contribution in [3.8, 4) is 0 Å². The molecule has 0 amide bonds. The minimum absolute atomic E-state index is 0.000721. The normalized spacial score (nSPS) is 16.6. The van der Waals surface area contributed by atoms with Crippen molar-refractivity contribution >= 4 is 21.2 Å². The molecular formula is C13H20N2O2S. The van der Waals surface area contributed by atoms with Gasteiger partial charge in [0.2, 0.25) is 0 Å². The van der Waals surface area contributed by atoms with Crippen LogP contribution in [0.5, 0.6) is 0 Å². The van der Waals surface area contributed by atoms with Crippen molar-refractivity contribution in [1.29, 1.82) is 0 Å². The van der Waals surface area contributed by atoms with E-state index in [1.807, 2.05) is 0 Å². The van der Waals surface area contributed by atoms with Crippen LogP contribution in [0.25, 0.3) is 0 Å². The molecule has 1 aromatic carbocycles. The summed E-state index contributed by atoms with van der Waals surface area (Å²) in [4.78, 5) is 0.259. The molecule has 1 aliphatic rings. The predicted octanol–water partition coefficient (Wildman–Crippen LogP) is 2.27. The van der Waals surface area contributed by atoms with Gasteiger partial charge in [0.25, 0.3) is 0 Å². The van der Waals surface area contributed by atoms with Gasteiger partial charge in [-0.1, -0.05) is 0 Å². The average molecular weight is 268 g/mol. The lowest BCUT2D eigenvalue weighted by atomic mass is 9.98. The highest BCUT2D eigenvalue weighted by molar-refractivity contribution is 7.90. The molecule has 1 aliphatic carbocycles. The quantitative estimate of drug-likeness (QED) is 0.822. The van der Waals surface area contributed by atoms with E-state index in [0.717, 1.165) is 5.69 Å². The van der Waals surface area contributed by atoms with Gasteiger partial charge in [-0.25, -0.2) is 8.42 Å². The molecule has 1 fully saturated rings. The molecule has 0 bridgehead atoms. The molecule has 0 atom stereocenters. The van der Waals surface area contributed by atoms with E-state index in [9.17, 15) is 8.42 Å². The summed E-state index contributed by atoms with van der Waals surface area (Å²) < 4.78 is 22.8. The van der Waals surface area contributed by atoms with Crippen LogP contribution in [0.3, 0.4) is 0 Å². The van der Waals surface area contributed by atoms with E-state index in [1.54, 1.807) is 12.1 Å². The second-order valence-corrected chi connectivity index (χ2v) is 7.66. The first kappa shape index (κ1) is 13.2. The summed E-state index contributed by atoms with van der Waals surface area (Å²) in [7, 11) is -3.20. The first-order valence-corrected chi connectivity index (χ1v) is 7.97. The molecule has 0 aliphatic heterocycles. The minimum Gasteiger partial charge on any atom is -0.397 e. The summed E-state index contributed by atoms with van der Waals surface area (Å²) in [6.45, 7) is 4.29. The van der Waals surface area contributed by atoms with Gasteiger partial charge in [-0.15, -0.1) is 0 Å². The zero-order valence-corrected chi connectivity index (χ0v) is 11.8. The highest BCUT2D eigenvalue weighted by atomic mass is 32.2. The third-order valence-corrected chi connectivity index (χ3v) is 4.62. The van der Waals surface area contributed by atoms with Crippen molar-refractivity contribution in [2.45, 2.75) is 37.1 Å². The lowest BCUT2D eigenvalue weighted by molar-refractivity contribution is 0.495. The molecule has 4 nitrogen and oxygen atoms in total. The number of nitrogens with two attached hydrogens (primary N) is 1. The van der Waals surface area contributed by atoms with E-state index in [4.69, 9.17) is 5.73 Å². The van der Waals surface area contributed by atoms with E-state index in [1.165, 1.54) is 25.2 Å². The Hall–Kier alpha value is -1.23. The Morgan fingerprint density at radius 2 is 1.94 bits per heavy atom. The van der Waals surface area contributed by atoms with Crippen molar-refractivity contribution < 1.29 is 8.42 Å². The molecule has 1 saturated carbocycles. The van der Waals surface area contributed by atoms with E-state index in [0.29, 0.717) is 11.6 Å². The Bertz CT molecular complexity index is 560. The number of hydrogen-bond acceptors (Lipinski definition) is 4. The Balaban J connectivity index is 2.25. The van der Waals surface area contributed by atoms with Crippen LogP contribution in [0.1, 0.15) is 26.7 Å². The Kier molecular flexibility index (Phi) is 3.05. The highest BCUT2D eigenvalue weighted by Gasteiger charge is 2.37. The highest BCUT2D eigenvalue weighted by Crippen LogP contribution is 2.41. The van der Waals surface area contributed by atoms with Gasteiger partial charge in [0, 0.05) is 11.8 Å². The fraction of sp³-hybridized carbons (Fsp3) is 0.538. The van der Waals surface area contributed by atoms with Gasteiger partial charge in [-0.05, 0) is 50.8 Å². The molecule has 100 valence electrons. The second kappa shape index (κ2) is 4.16. The molecular weight excluding hydrogens is 248 g/mol. The van der Waals surface area contributed by atoms with Gasteiger partial charge >= 0.3 is 0 Å². The third-order valence-electron chi connectivity index (χ3n) is 3.51. The summed E-state index contributed by atoms with van der Waals surface area (Å²) in [5.41, 5.74) is 7.20. The summed E-state index contributed by atoms with van der Waals surface area (Å²) in [5, 5.41) is 3.41. The second-order valence-electron chi connectivity index (χ2n) is 5.64. The fourth-order valence-electron chi connectivity index (χ4n) is 2.14. The van der Waals surface area contributed by atoms with Crippen molar-refractivity contribution in [3.05, 3.63) is 18.2 Å². The first-order chi connectivity index (χ1) is 8.20. The SMILES string of the molecule is CC(C)(Nc1ccc(S(C)(=O)=O)cc1N)C1CC1. The van der Waals surface area contributed by atoms with E-state index < -0.39 is 9.84 Å². The van der Waals surface area contributed by atoms with Crippen molar-refractivity contribution in [1.82, 2.24) is 0 Å². The summed E-state index contributed by atoms with van der Waals surface area (Å²) in [5.74, 6) is 0.673. The molecule has 2 rings (SSSR count). The van der Waals surface area contributed by atoms with Crippen molar-refractivity contribution in [3.63, 3.8) is 0 Å². The van der Waals surface area contributed by atoms with Gasteiger partial charge in [0.05, 0.1) is 16.3 Å². The Labute approximate surface area is 108 Å². The van der Waals surface area contributed by atoms with Crippen LogP contribution in [0.4, 0.5) is 11.4 Å². The van der Waals surface area contributed by atoms with Gasteiger partial charge in [-0.2, -0.15) is 0 Å². The number of nitrogen functional groups attached to an aromatic ring is 1. The molecule has 0 unspecified atom stereocenters. The van der Waals surface area contributed by atoms with Crippen LogP contribution in [0.2, 0.25) is 0 Å². The number of sulfone groups is 1. The van der Waals surface area contributed by atoms with E-state index >= 15 is 0 Å². The van der Waals surface area contributed by atoms with Crippen molar-refractivity contribution in [2.24, 2.45) is 5.92 Å². The maximum Gasteiger partial charge on any atom is 0.175 e. The van der Waals surface area contributed by atoms with Crippen LogP contribution >= 0.6 is 0 Å². The summed E-state index contributed by atoms with van der Waals surface area (Å²) >= 11 is 0. The molecule has 18 heavy (non-hydrogen) atoms. The molecule has 1 aromatic rings. The largest absolute Gasteiger partial charge is 0.397 e. The summed E-state index contributed by atoms with van der Waals surface area (Å²) in [6, 6.07) is 4.85. The van der Waals surface area contributed by atoms with E-state index in [-0.39, 0.29) is 10.4 Å². The maximum absolute atomic E-state index is 11.4. The number of hydrogen-bond donors (Lipinski definition) is 2. The van der Waals surface area contributed by atoms with Crippen LogP contribution in [-0.4, -0.2) is 20.2 Å².